The predicted molar refractivity (Wildman–Crippen MR) is 102 cm³/mol. The van der Waals surface area contributed by atoms with Gasteiger partial charge in [-0.25, -0.2) is 8.42 Å². The van der Waals surface area contributed by atoms with Gasteiger partial charge in [0.15, 0.2) is 0 Å². The second kappa shape index (κ2) is 7.65. The highest BCUT2D eigenvalue weighted by atomic mass is 35.5. The van der Waals surface area contributed by atoms with Crippen molar-refractivity contribution in [2.75, 3.05) is 24.4 Å². The van der Waals surface area contributed by atoms with Gasteiger partial charge in [0.25, 0.3) is 15.9 Å². The summed E-state index contributed by atoms with van der Waals surface area (Å²) in [5.74, 6) is -0.277. The van der Waals surface area contributed by atoms with E-state index in [0.29, 0.717) is 16.3 Å². The Morgan fingerprint density at radius 1 is 1.23 bits per heavy atom. The average molecular weight is 394 g/mol. The molecule has 1 aliphatic heterocycles. The topological polar surface area (TPSA) is 78.5 Å². The largest absolute Gasteiger partial charge is 0.348 e. The van der Waals surface area contributed by atoms with Crippen LogP contribution in [0.5, 0.6) is 0 Å². The zero-order valence-corrected chi connectivity index (χ0v) is 15.8. The molecule has 0 bridgehead atoms. The lowest BCUT2D eigenvalue weighted by atomic mass is 10.2. The van der Waals surface area contributed by atoms with E-state index < -0.39 is 10.0 Å². The molecule has 1 unspecified atom stereocenters. The molecular formula is C18H20ClN3O3S. The van der Waals surface area contributed by atoms with Gasteiger partial charge in [0.05, 0.1) is 10.6 Å². The highest BCUT2D eigenvalue weighted by Crippen LogP contribution is 2.25. The number of nitrogens with one attached hydrogen (secondary N) is 2. The molecule has 1 saturated heterocycles. The molecule has 3 rings (SSSR count). The van der Waals surface area contributed by atoms with Gasteiger partial charge in [0.1, 0.15) is 0 Å². The van der Waals surface area contributed by atoms with Crippen LogP contribution in [-0.4, -0.2) is 40.5 Å². The highest BCUT2D eigenvalue weighted by Gasteiger charge is 2.23. The van der Waals surface area contributed by atoms with Gasteiger partial charge in [-0.05, 0) is 49.4 Å². The number of amides is 1. The van der Waals surface area contributed by atoms with Crippen molar-refractivity contribution in [2.45, 2.75) is 17.4 Å². The molecule has 26 heavy (non-hydrogen) atoms. The van der Waals surface area contributed by atoms with Gasteiger partial charge in [-0.1, -0.05) is 23.7 Å². The van der Waals surface area contributed by atoms with E-state index in [4.69, 9.17) is 11.6 Å². The minimum Gasteiger partial charge on any atom is -0.348 e. The molecule has 138 valence electrons. The molecule has 2 aromatic carbocycles. The molecule has 1 aliphatic rings. The summed E-state index contributed by atoms with van der Waals surface area (Å²) in [6, 6.07) is 12.7. The monoisotopic (exact) mass is 393 g/mol. The minimum absolute atomic E-state index is 0.0529. The van der Waals surface area contributed by atoms with Gasteiger partial charge in [-0.2, -0.15) is 0 Å². The Hall–Kier alpha value is -2.09. The molecule has 2 N–H and O–H groups in total. The zero-order valence-electron chi connectivity index (χ0n) is 14.3. The van der Waals surface area contributed by atoms with Gasteiger partial charge >= 0.3 is 0 Å². The summed E-state index contributed by atoms with van der Waals surface area (Å²) >= 11 is 5.95. The van der Waals surface area contributed by atoms with Crippen LogP contribution in [0.4, 0.5) is 5.69 Å². The quantitative estimate of drug-likeness (QED) is 0.816. The second-order valence-corrected chi connectivity index (χ2v) is 8.55. The molecule has 8 heteroatoms. The third-order valence-corrected chi connectivity index (χ3v) is 6.34. The first-order valence-electron chi connectivity index (χ1n) is 8.24. The van der Waals surface area contributed by atoms with E-state index in [9.17, 15) is 13.2 Å². The first-order valence-corrected chi connectivity index (χ1v) is 10.1. The van der Waals surface area contributed by atoms with Crippen molar-refractivity contribution in [1.29, 1.82) is 0 Å². The van der Waals surface area contributed by atoms with Gasteiger partial charge < -0.3 is 10.6 Å². The Morgan fingerprint density at radius 3 is 2.69 bits per heavy atom. The lowest BCUT2D eigenvalue weighted by molar-refractivity contribution is 0.0940. The molecule has 6 nitrogen and oxygen atoms in total. The second-order valence-electron chi connectivity index (χ2n) is 6.14. The molecule has 0 radical (unpaired) electrons. The highest BCUT2D eigenvalue weighted by molar-refractivity contribution is 7.92. The summed E-state index contributed by atoms with van der Waals surface area (Å²) in [5.41, 5.74) is 0.766. The van der Waals surface area contributed by atoms with Crippen LogP contribution in [0, 0.1) is 0 Å². The fraction of sp³-hybridized carbons (Fsp3) is 0.278. The number of carbonyl (C=O) groups is 1. The SMILES string of the molecule is CN(c1cccc(Cl)c1)S(=O)(=O)c1cccc(C(=O)NC2CCNC2)c1. The van der Waals surface area contributed by atoms with E-state index in [1.165, 1.54) is 19.2 Å². The molecule has 0 aliphatic carbocycles. The smallest absolute Gasteiger partial charge is 0.264 e. The summed E-state index contributed by atoms with van der Waals surface area (Å²) in [5, 5.41) is 6.54. The van der Waals surface area contributed by atoms with Crippen molar-refractivity contribution >= 4 is 33.2 Å². The first kappa shape index (κ1) is 18.7. The summed E-state index contributed by atoms with van der Waals surface area (Å²) in [7, 11) is -2.35. The van der Waals surface area contributed by atoms with Crippen molar-refractivity contribution in [3.8, 4) is 0 Å². The van der Waals surface area contributed by atoms with Crippen LogP contribution in [0.3, 0.4) is 0 Å². The van der Waals surface area contributed by atoms with Gasteiger partial charge in [-0.15, -0.1) is 0 Å². The maximum absolute atomic E-state index is 12.9. The van der Waals surface area contributed by atoms with E-state index in [0.717, 1.165) is 23.8 Å². The number of anilines is 1. The van der Waals surface area contributed by atoms with Crippen molar-refractivity contribution in [2.24, 2.45) is 0 Å². The van der Waals surface area contributed by atoms with Crippen LogP contribution in [0.15, 0.2) is 53.4 Å². The Labute approximate surface area is 158 Å². The zero-order chi connectivity index (χ0) is 18.7. The van der Waals surface area contributed by atoms with Crippen LogP contribution >= 0.6 is 11.6 Å². The van der Waals surface area contributed by atoms with Crippen molar-refractivity contribution in [1.82, 2.24) is 10.6 Å². The number of carbonyl (C=O) groups excluding carboxylic acids is 1. The number of sulfonamides is 1. The van der Waals surface area contributed by atoms with Gasteiger partial charge in [-0.3, -0.25) is 9.10 Å². The average Bonchev–Trinajstić information content (AvgIpc) is 3.14. The number of hydrogen-bond acceptors (Lipinski definition) is 4. The summed E-state index contributed by atoms with van der Waals surface area (Å²) in [6.07, 6.45) is 0.862. The summed E-state index contributed by atoms with van der Waals surface area (Å²) in [6.45, 7) is 1.59. The normalized spacial score (nSPS) is 17.1. The number of halogens is 1. The lowest BCUT2D eigenvalue weighted by Crippen LogP contribution is -2.36. The minimum atomic E-state index is -3.81. The van der Waals surface area contributed by atoms with Gasteiger partial charge in [0.2, 0.25) is 0 Å². The number of nitrogens with zero attached hydrogens (tertiary/aromatic N) is 1. The number of rotatable bonds is 5. The molecule has 1 heterocycles. The van der Waals surface area contributed by atoms with E-state index in [1.54, 1.807) is 36.4 Å². The molecule has 0 saturated carbocycles. The van der Waals surface area contributed by atoms with Crippen LogP contribution in [-0.2, 0) is 10.0 Å². The maximum Gasteiger partial charge on any atom is 0.264 e. The molecule has 1 atom stereocenters. The van der Waals surface area contributed by atoms with Gasteiger partial charge in [0, 0.05) is 30.2 Å². The van der Waals surface area contributed by atoms with E-state index in [2.05, 4.69) is 10.6 Å². The van der Waals surface area contributed by atoms with Crippen LogP contribution in [0.2, 0.25) is 5.02 Å². The van der Waals surface area contributed by atoms with Crippen molar-refractivity contribution in [3.05, 3.63) is 59.1 Å². The fourth-order valence-electron chi connectivity index (χ4n) is 2.81. The number of benzene rings is 2. The Balaban J connectivity index is 1.84. The van der Waals surface area contributed by atoms with Crippen LogP contribution in [0.25, 0.3) is 0 Å². The summed E-state index contributed by atoms with van der Waals surface area (Å²) in [4.78, 5) is 12.5. The summed E-state index contributed by atoms with van der Waals surface area (Å²) < 4.78 is 27.0. The molecule has 1 amide bonds. The Morgan fingerprint density at radius 2 is 2.00 bits per heavy atom. The lowest BCUT2D eigenvalue weighted by Gasteiger charge is -2.20. The standard InChI is InChI=1S/C18H20ClN3O3S/c1-22(16-6-3-5-14(19)11-16)26(24,25)17-7-2-4-13(10-17)18(23)21-15-8-9-20-12-15/h2-7,10-11,15,20H,8-9,12H2,1H3,(H,21,23). The molecule has 0 spiro atoms. The molecule has 0 aromatic heterocycles. The van der Waals surface area contributed by atoms with E-state index in [1.807, 2.05) is 0 Å². The maximum atomic E-state index is 12.9. The van der Waals surface area contributed by atoms with Crippen molar-refractivity contribution in [3.63, 3.8) is 0 Å². The number of hydrogen-bond donors (Lipinski definition) is 2. The molecular weight excluding hydrogens is 374 g/mol. The first-order chi connectivity index (χ1) is 12.4. The molecule has 1 fully saturated rings. The van der Waals surface area contributed by atoms with Crippen LogP contribution < -0.4 is 14.9 Å². The van der Waals surface area contributed by atoms with E-state index in [-0.39, 0.29) is 16.8 Å². The van der Waals surface area contributed by atoms with Crippen LogP contribution in [0.1, 0.15) is 16.8 Å². The molecule has 2 aromatic rings. The Kier molecular flexibility index (Phi) is 5.50. The third kappa shape index (κ3) is 4.00. The fourth-order valence-corrected chi connectivity index (χ4v) is 4.23. The van der Waals surface area contributed by atoms with Crippen molar-refractivity contribution < 1.29 is 13.2 Å². The Bertz CT molecular complexity index is 911. The third-order valence-electron chi connectivity index (χ3n) is 4.32. The predicted octanol–water partition coefficient (Wildman–Crippen LogP) is 2.26. The van der Waals surface area contributed by atoms with E-state index >= 15 is 0 Å².